The first kappa shape index (κ1) is 22.4. The molecule has 2 aromatic carbocycles. The number of rotatable bonds is 6. The molecule has 0 aliphatic rings. The predicted molar refractivity (Wildman–Crippen MR) is 121 cm³/mol. The predicted octanol–water partition coefficient (Wildman–Crippen LogP) is 5.45. The van der Waals surface area contributed by atoms with Gasteiger partial charge in [0, 0.05) is 5.02 Å². The first-order valence-corrected chi connectivity index (χ1v) is 14.3. The largest absolute Gasteiger partial charge is 0.244 e. The third-order valence-electron chi connectivity index (χ3n) is 4.05. The molecule has 0 aromatic heterocycles. The highest BCUT2D eigenvalue weighted by Gasteiger charge is 2.30. The zero-order valence-corrected chi connectivity index (χ0v) is 19.3. The van der Waals surface area contributed by atoms with E-state index in [-0.39, 0.29) is 11.4 Å². The van der Waals surface area contributed by atoms with Crippen LogP contribution in [-0.2, 0) is 10.0 Å². The lowest BCUT2D eigenvalue weighted by Gasteiger charge is -2.28. The smallest absolute Gasteiger partial charge is 0.207 e. The van der Waals surface area contributed by atoms with Crippen LogP contribution in [0.25, 0.3) is 0 Å². The summed E-state index contributed by atoms with van der Waals surface area (Å²) in [7, 11) is -5.41. The summed E-state index contributed by atoms with van der Waals surface area (Å²) >= 11 is 6.14. The summed E-state index contributed by atoms with van der Waals surface area (Å²) in [6.07, 6.45) is 1.62. The minimum absolute atomic E-state index is 0.0870. The Balaban J connectivity index is 2.55. The fourth-order valence-corrected chi connectivity index (χ4v) is 4.97. The van der Waals surface area contributed by atoms with Gasteiger partial charge in [0.1, 0.15) is 8.07 Å². The molecule has 0 fully saturated rings. The van der Waals surface area contributed by atoms with Gasteiger partial charge in [-0.05, 0) is 36.8 Å². The number of aryl methyl sites for hydroxylation is 1. The molecule has 148 valence electrons. The fourth-order valence-electron chi connectivity index (χ4n) is 2.67. The van der Waals surface area contributed by atoms with E-state index < -0.39 is 24.1 Å². The molecule has 0 amide bonds. The lowest BCUT2D eigenvalue weighted by molar-refractivity contribution is 0.402. The molecule has 0 saturated heterocycles. The highest BCUT2D eigenvalue weighted by molar-refractivity contribution is 7.89. The monoisotopic (exact) mass is 431 g/mol. The van der Waals surface area contributed by atoms with E-state index in [9.17, 15) is 8.42 Å². The molecule has 0 radical (unpaired) electrons. The molecule has 0 aliphatic carbocycles. The van der Waals surface area contributed by atoms with Gasteiger partial charge in [-0.2, -0.15) is 4.31 Å². The first-order chi connectivity index (χ1) is 13.0. The van der Waals surface area contributed by atoms with Crippen LogP contribution in [0, 0.1) is 18.4 Å². The summed E-state index contributed by atoms with van der Waals surface area (Å²) in [5, 5.41) is 0.546. The van der Waals surface area contributed by atoms with Gasteiger partial charge < -0.3 is 0 Å². The van der Waals surface area contributed by atoms with Crippen LogP contribution in [-0.4, -0.2) is 27.3 Å². The van der Waals surface area contributed by atoms with E-state index in [1.807, 2.05) is 13.0 Å². The molecule has 0 saturated carbocycles. The number of hydrogen-bond donors (Lipinski definition) is 0. The fraction of sp³-hybridized carbons (Fsp3) is 0.273. The van der Waals surface area contributed by atoms with Crippen molar-refractivity contribution in [3.8, 4) is 11.5 Å². The number of nitrogens with zero attached hydrogens (tertiary/aromatic N) is 1. The van der Waals surface area contributed by atoms with E-state index in [0.29, 0.717) is 5.02 Å². The maximum Gasteiger partial charge on any atom is 0.244 e. The van der Waals surface area contributed by atoms with Crippen molar-refractivity contribution in [2.75, 3.05) is 6.54 Å². The summed E-state index contributed by atoms with van der Waals surface area (Å²) in [5.74, 6) is 3.09. The second kappa shape index (κ2) is 9.10. The average Bonchev–Trinajstić information content (AvgIpc) is 2.60. The molecule has 6 heteroatoms. The van der Waals surface area contributed by atoms with Crippen LogP contribution in [0.1, 0.15) is 17.2 Å². The molecular formula is C22H26ClNO2SSi. The summed E-state index contributed by atoms with van der Waals surface area (Å²) in [6.45, 7) is 12.3. The molecule has 28 heavy (non-hydrogen) atoms. The molecule has 0 bridgehead atoms. The van der Waals surface area contributed by atoms with Crippen LogP contribution in [0.2, 0.25) is 24.7 Å². The summed E-state index contributed by atoms with van der Waals surface area (Å²) in [4.78, 5) is 0.238. The van der Waals surface area contributed by atoms with Gasteiger partial charge in [0.15, 0.2) is 0 Å². The molecule has 3 nitrogen and oxygen atoms in total. The normalized spacial score (nSPS) is 12.9. The standard InChI is InChI=1S/C22H26ClNO2SSi/c1-6-22(19-9-7-10-20(23)17-19)24(15-8-16-28(3,4)5)27(25,26)21-13-11-18(2)12-14-21/h6-7,9-14,17,22H,1,15H2,2-5H3/t22-/m0/s1. The number of halogens is 1. The molecule has 1 atom stereocenters. The lowest BCUT2D eigenvalue weighted by Crippen LogP contribution is -2.35. The Morgan fingerprint density at radius 3 is 2.36 bits per heavy atom. The Labute approximate surface area is 175 Å². The summed E-state index contributed by atoms with van der Waals surface area (Å²) < 4.78 is 28.3. The molecule has 0 spiro atoms. The van der Waals surface area contributed by atoms with Gasteiger partial charge in [-0.15, -0.1) is 12.1 Å². The first-order valence-electron chi connectivity index (χ1n) is 9.01. The van der Waals surface area contributed by atoms with Crippen molar-refractivity contribution in [3.63, 3.8) is 0 Å². The van der Waals surface area contributed by atoms with Crippen LogP contribution >= 0.6 is 11.6 Å². The Kier molecular flexibility index (Phi) is 7.30. The average molecular weight is 432 g/mol. The van der Waals surface area contributed by atoms with E-state index in [2.05, 4.69) is 37.7 Å². The van der Waals surface area contributed by atoms with Crippen LogP contribution in [0.4, 0.5) is 0 Å². The maximum absolute atomic E-state index is 13.4. The Hall–Kier alpha value is -1.84. The Morgan fingerprint density at radius 1 is 1.18 bits per heavy atom. The summed E-state index contributed by atoms with van der Waals surface area (Å²) in [5.41, 5.74) is 5.01. The van der Waals surface area contributed by atoms with Crippen LogP contribution in [0.3, 0.4) is 0 Å². The van der Waals surface area contributed by atoms with Crippen LogP contribution in [0.15, 0.2) is 66.1 Å². The highest BCUT2D eigenvalue weighted by Crippen LogP contribution is 2.30. The summed E-state index contributed by atoms with van der Waals surface area (Å²) in [6, 6.07) is 13.4. The SMILES string of the molecule is C=C[C@@H](c1cccc(Cl)c1)N(CC#C[Si](C)(C)C)S(=O)(=O)c1ccc(C)cc1. The van der Waals surface area contributed by atoms with E-state index in [1.165, 1.54) is 4.31 Å². The van der Waals surface area contributed by atoms with Gasteiger partial charge in [0.2, 0.25) is 10.0 Å². The lowest BCUT2D eigenvalue weighted by atomic mass is 10.1. The van der Waals surface area contributed by atoms with Gasteiger partial charge in [-0.1, -0.05) is 73.1 Å². The van der Waals surface area contributed by atoms with Gasteiger partial charge in [-0.25, -0.2) is 8.42 Å². The molecule has 2 rings (SSSR count). The third-order valence-corrected chi connectivity index (χ3v) is 7.05. The Bertz CT molecular complexity index is 999. The van der Waals surface area contributed by atoms with Crippen molar-refractivity contribution < 1.29 is 8.42 Å². The number of sulfonamides is 1. The molecule has 0 unspecified atom stereocenters. The number of benzene rings is 2. The van der Waals surface area contributed by atoms with Crippen molar-refractivity contribution >= 4 is 29.7 Å². The van der Waals surface area contributed by atoms with Crippen LogP contribution < -0.4 is 0 Å². The third kappa shape index (κ3) is 5.83. The van der Waals surface area contributed by atoms with Crippen molar-refractivity contribution in [3.05, 3.63) is 77.3 Å². The zero-order valence-electron chi connectivity index (χ0n) is 16.7. The van der Waals surface area contributed by atoms with E-state index >= 15 is 0 Å². The molecule has 0 aliphatic heterocycles. The molecule has 2 aromatic rings. The van der Waals surface area contributed by atoms with Crippen molar-refractivity contribution in [1.29, 1.82) is 0 Å². The second-order valence-electron chi connectivity index (χ2n) is 7.65. The quantitative estimate of drug-likeness (QED) is 0.346. The zero-order chi connectivity index (χ0) is 20.9. The second-order valence-corrected chi connectivity index (χ2v) is 14.7. The molecular weight excluding hydrogens is 406 g/mol. The van der Waals surface area contributed by atoms with Gasteiger partial charge >= 0.3 is 0 Å². The minimum Gasteiger partial charge on any atom is -0.207 e. The minimum atomic E-state index is -3.78. The number of hydrogen-bond acceptors (Lipinski definition) is 2. The van der Waals surface area contributed by atoms with Gasteiger partial charge in [-0.3, -0.25) is 0 Å². The molecule has 0 heterocycles. The maximum atomic E-state index is 13.4. The van der Waals surface area contributed by atoms with Crippen molar-refractivity contribution in [2.24, 2.45) is 0 Å². The van der Waals surface area contributed by atoms with Gasteiger partial charge in [0.05, 0.1) is 17.5 Å². The Morgan fingerprint density at radius 2 is 1.82 bits per heavy atom. The molecule has 0 N–H and O–H groups in total. The van der Waals surface area contributed by atoms with Crippen molar-refractivity contribution in [1.82, 2.24) is 4.31 Å². The van der Waals surface area contributed by atoms with E-state index in [0.717, 1.165) is 11.1 Å². The topological polar surface area (TPSA) is 37.4 Å². The van der Waals surface area contributed by atoms with E-state index in [1.54, 1.807) is 48.5 Å². The van der Waals surface area contributed by atoms with Crippen molar-refractivity contribution in [2.45, 2.75) is 37.5 Å². The van der Waals surface area contributed by atoms with E-state index in [4.69, 9.17) is 11.6 Å². The van der Waals surface area contributed by atoms with Crippen LogP contribution in [0.5, 0.6) is 0 Å². The van der Waals surface area contributed by atoms with Gasteiger partial charge in [0.25, 0.3) is 0 Å². The highest BCUT2D eigenvalue weighted by atomic mass is 35.5.